The molecule has 6 nitrogen and oxygen atoms in total. The summed E-state index contributed by atoms with van der Waals surface area (Å²) >= 11 is 0. The van der Waals surface area contributed by atoms with Crippen LogP contribution in [0.15, 0.2) is 23.1 Å². The molecule has 1 amide bonds. The number of rotatable bonds is 2. The second-order valence-corrected chi connectivity index (χ2v) is 7.20. The fourth-order valence-corrected chi connectivity index (χ4v) is 4.53. The summed E-state index contributed by atoms with van der Waals surface area (Å²) in [6.07, 6.45) is 1.12. The average molecular weight is 313 g/mol. The van der Waals surface area contributed by atoms with Crippen LogP contribution in [0.5, 0.6) is 0 Å². The number of sulfonamides is 1. The van der Waals surface area contributed by atoms with E-state index in [9.17, 15) is 17.6 Å². The lowest BCUT2D eigenvalue weighted by atomic mass is 10.2. The minimum absolute atomic E-state index is 0.0716. The second kappa shape index (κ2) is 4.96. The molecule has 1 aromatic rings. The van der Waals surface area contributed by atoms with Gasteiger partial charge in [0.25, 0.3) is 0 Å². The Morgan fingerprint density at radius 1 is 1.29 bits per heavy atom. The standard InChI is InChI=1S/C13H16FN3O3S/c14-10-2-1-3-11(13(10)15)21(19,20)16-6-7-17-9(8-16)4-5-12(17)18/h1-3,9H,4-8,15H2. The van der Waals surface area contributed by atoms with Gasteiger partial charge in [0.2, 0.25) is 15.9 Å². The van der Waals surface area contributed by atoms with Gasteiger partial charge in [0.1, 0.15) is 10.7 Å². The third kappa shape index (κ3) is 2.28. The number of benzene rings is 1. The zero-order valence-corrected chi connectivity index (χ0v) is 12.1. The number of para-hydroxylation sites is 1. The monoisotopic (exact) mass is 313 g/mol. The lowest BCUT2D eigenvalue weighted by Gasteiger charge is -2.36. The Labute approximate surface area is 122 Å². The van der Waals surface area contributed by atoms with Gasteiger partial charge < -0.3 is 10.6 Å². The number of piperazine rings is 1. The fraction of sp³-hybridized carbons (Fsp3) is 0.462. The molecule has 0 bridgehead atoms. The van der Waals surface area contributed by atoms with Gasteiger partial charge in [-0.05, 0) is 18.6 Å². The van der Waals surface area contributed by atoms with E-state index < -0.39 is 15.8 Å². The normalized spacial score (nSPS) is 23.4. The van der Waals surface area contributed by atoms with Gasteiger partial charge in [-0.1, -0.05) is 6.07 Å². The third-order valence-corrected chi connectivity index (χ3v) is 6.01. The smallest absolute Gasteiger partial charge is 0.245 e. The van der Waals surface area contributed by atoms with Crippen LogP contribution in [0, 0.1) is 5.82 Å². The van der Waals surface area contributed by atoms with Crippen molar-refractivity contribution < 1.29 is 17.6 Å². The number of hydrogen-bond donors (Lipinski definition) is 1. The number of hydrogen-bond acceptors (Lipinski definition) is 4. The Morgan fingerprint density at radius 2 is 2.05 bits per heavy atom. The SMILES string of the molecule is Nc1c(F)cccc1S(=O)(=O)N1CCN2C(=O)CCC2C1. The van der Waals surface area contributed by atoms with E-state index >= 15 is 0 Å². The summed E-state index contributed by atoms with van der Waals surface area (Å²) in [5, 5.41) is 0. The van der Waals surface area contributed by atoms with Crippen LogP contribution in [-0.4, -0.2) is 49.2 Å². The topological polar surface area (TPSA) is 83.7 Å². The fourth-order valence-electron chi connectivity index (χ4n) is 2.94. The van der Waals surface area contributed by atoms with Crippen molar-refractivity contribution in [2.75, 3.05) is 25.4 Å². The van der Waals surface area contributed by atoms with E-state index in [0.29, 0.717) is 19.4 Å². The molecule has 2 N–H and O–H groups in total. The molecule has 3 rings (SSSR count). The second-order valence-electron chi connectivity index (χ2n) is 5.29. The van der Waals surface area contributed by atoms with Crippen LogP contribution in [0.25, 0.3) is 0 Å². The molecule has 1 atom stereocenters. The molecule has 0 saturated carbocycles. The molecule has 2 aliphatic heterocycles. The lowest BCUT2D eigenvalue weighted by Crippen LogP contribution is -2.53. The van der Waals surface area contributed by atoms with Crippen molar-refractivity contribution >= 4 is 21.6 Å². The Hall–Kier alpha value is -1.67. The highest BCUT2D eigenvalue weighted by molar-refractivity contribution is 7.89. The molecule has 2 heterocycles. The average Bonchev–Trinajstić information content (AvgIpc) is 2.83. The van der Waals surface area contributed by atoms with Gasteiger partial charge >= 0.3 is 0 Å². The van der Waals surface area contributed by atoms with E-state index in [2.05, 4.69) is 0 Å². The molecule has 2 fully saturated rings. The predicted octanol–water partition coefficient (Wildman–Crippen LogP) is 0.403. The summed E-state index contributed by atoms with van der Waals surface area (Å²) in [5.41, 5.74) is 5.20. The summed E-state index contributed by atoms with van der Waals surface area (Å²) in [7, 11) is -3.84. The minimum Gasteiger partial charge on any atom is -0.395 e. The number of carbonyl (C=O) groups excluding carboxylic acids is 1. The molecule has 1 unspecified atom stereocenters. The summed E-state index contributed by atoms with van der Waals surface area (Å²) in [4.78, 5) is 13.1. The van der Waals surface area contributed by atoms with Gasteiger partial charge in [-0.15, -0.1) is 0 Å². The number of amides is 1. The molecule has 1 aromatic carbocycles. The summed E-state index contributed by atoms with van der Waals surface area (Å²) in [6, 6.07) is 3.67. The number of carbonyl (C=O) groups is 1. The van der Waals surface area contributed by atoms with Crippen molar-refractivity contribution in [1.82, 2.24) is 9.21 Å². The number of nitrogen functional groups attached to an aromatic ring is 1. The largest absolute Gasteiger partial charge is 0.395 e. The van der Waals surface area contributed by atoms with Crippen molar-refractivity contribution in [2.24, 2.45) is 0 Å². The highest BCUT2D eigenvalue weighted by Crippen LogP contribution is 2.29. The van der Waals surface area contributed by atoms with E-state index in [-0.39, 0.29) is 35.6 Å². The molecule has 21 heavy (non-hydrogen) atoms. The maximum Gasteiger partial charge on any atom is 0.245 e. The lowest BCUT2D eigenvalue weighted by molar-refractivity contribution is -0.130. The minimum atomic E-state index is -3.84. The first-order chi connectivity index (χ1) is 9.91. The van der Waals surface area contributed by atoms with Crippen molar-refractivity contribution in [2.45, 2.75) is 23.8 Å². The quantitative estimate of drug-likeness (QED) is 0.801. The Kier molecular flexibility index (Phi) is 3.37. The predicted molar refractivity (Wildman–Crippen MR) is 74.3 cm³/mol. The first-order valence-corrected chi connectivity index (χ1v) is 8.19. The van der Waals surface area contributed by atoms with Gasteiger partial charge in [0.05, 0.1) is 5.69 Å². The van der Waals surface area contributed by atoms with E-state index in [4.69, 9.17) is 5.73 Å². The van der Waals surface area contributed by atoms with E-state index in [1.807, 2.05) is 0 Å². The van der Waals surface area contributed by atoms with Crippen LogP contribution in [0.4, 0.5) is 10.1 Å². The Morgan fingerprint density at radius 3 is 2.81 bits per heavy atom. The highest BCUT2D eigenvalue weighted by atomic mass is 32.2. The van der Waals surface area contributed by atoms with Crippen LogP contribution >= 0.6 is 0 Å². The van der Waals surface area contributed by atoms with Gasteiger partial charge in [-0.25, -0.2) is 12.8 Å². The van der Waals surface area contributed by atoms with E-state index in [1.165, 1.54) is 16.4 Å². The van der Waals surface area contributed by atoms with Crippen molar-refractivity contribution in [3.63, 3.8) is 0 Å². The van der Waals surface area contributed by atoms with Crippen molar-refractivity contribution in [3.05, 3.63) is 24.0 Å². The number of fused-ring (bicyclic) bond motifs is 1. The summed E-state index contributed by atoms with van der Waals surface area (Å²) in [5.74, 6) is -0.673. The number of nitrogens with two attached hydrogens (primary N) is 1. The van der Waals surface area contributed by atoms with Crippen LogP contribution in [-0.2, 0) is 14.8 Å². The molecule has 2 saturated heterocycles. The summed E-state index contributed by atoms with van der Waals surface area (Å²) in [6.45, 7) is 0.822. The zero-order chi connectivity index (χ0) is 15.2. The first-order valence-electron chi connectivity index (χ1n) is 6.75. The molecule has 8 heteroatoms. The maximum absolute atomic E-state index is 13.5. The molecule has 0 radical (unpaired) electrons. The Bertz CT molecular complexity index is 692. The Balaban J connectivity index is 1.89. The third-order valence-electron chi connectivity index (χ3n) is 4.09. The van der Waals surface area contributed by atoms with Gasteiger partial charge in [-0.2, -0.15) is 4.31 Å². The van der Waals surface area contributed by atoms with Gasteiger partial charge in [0.15, 0.2) is 0 Å². The molecular weight excluding hydrogens is 297 g/mol. The van der Waals surface area contributed by atoms with Crippen LogP contribution in [0.1, 0.15) is 12.8 Å². The van der Waals surface area contributed by atoms with Crippen LogP contribution < -0.4 is 5.73 Å². The van der Waals surface area contributed by atoms with E-state index in [0.717, 1.165) is 6.07 Å². The first kappa shape index (κ1) is 14.3. The number of anilines is 1. The molecular formula is C13H16FN3O3S. The van der Waals surface area contributed by atoms with Crippen molar-refractivity contribution in [3.8, 4) is 0 Å². The van der Waals surface area contributed by atoms with Gasteiger partial charge in [0, 0.05) is 32.1 Å². The number of halogens is 1. The molecule has 114 valence electrons. The van der Waals surface area contributed by atoms with E-state index in [1.54, 1.807) is 4.90 Å². The van der Waals surface area contributed by atoms with Gasteiger partial charge in [-0.3, -0.25) is 4.79 Å². The molecule has 0 aromatic heterocycles. The molecule has 2 aliphatic rings. The number of nitrogens with zero attached hydrogens (tertiary/aromatic N) is 2. The van der Waals surface area contributed by atoms with Crippen LogP contribution in [0.3, 0.4) is 0 Å². The van der Waals surface area contributed by atoms with Crippen molar-refractivity contribution in [1.29, 1.82) is 0 Å². The zero-order valence-electron chi connectivity index (χ0n) is 11.3. The maximum atomic E-state index is 13.5. The molecule has 0 aliphatic carbocycles. The highest BCUT2D eigenvalue weighted by Gasteiger charge is 2.40. The molecule has 0 spiro atoms. The summed E-state index contributed by atoms with van der Waals surface area (Å²) < 4.78 is 40.0. The van der Waals surface area contributed by atoms with Crippen LogP contribution in [0.2, 0.25) is 0 Å².